The summed E-state index contributed by atoms with van der Waals surface area (Å²) >= 11 is 0. The molecule has 0 aliphatic carbocycles. The van der Waals surface area contributed by atoms with Crippen molar-refractivity contribution in [2.24, 2.45) is 16.2 Å². The Kier molecular flexibility index (Phi) is 10.2. The Hall–Kier alpha value is -2.81. The summed E-state index contributed by atoms with van der Waals surface area (Å²) in [6.07, 6.45) is 9.08. The zero-order valence-corrected chi connectivity index (χ0v) is 24.4. The third-order valence-corrected chi connectivity index (χ3v) is 5.53. The van der Waals surface area contributed by atoms with E-state index in [1.54, 1.807) is 6.33 Å². The second-order valence-corrected chi connectivity index (χ2v) is 13.6. The van der Waals surface area contributed by atoms with Crippen LogP contribution in [-0.4, -0.2) is 15.0 Å². The standard InChI is InChI=1S/C13H17N.C12H18.C8H14N2/c1-13(2,3)8-10-9-14-12-7-5-4-6-11(10)12;1-10-5-7-11(8-6-10)9-12(2,3)4;1-8(2,3)4-7-5-9-6-10-7/h4-7,9,14H,8H2,1-3H3;5-8H,9H2,1-4H3;5-6H,4H2,1-3H3,(H,9,10). The van der Waals surface area contributed by atoms with Crippen LogP contribution < -0.4 is 0 Å². The van der Waals surface area contributed by atoms with Gasteiger partial charge in [0.05, 0.1) is 6.33 Å². The van der Waals surface area contributed by atoms with E-state index in [1.165, 1.54) is 33.3 Å². The molecule has 3 nitrogen and oxygen atoms in total. The molecule has 2 aromatic heterocycles. The van der Waals surface area contributed by atoms with Crippen molar-refractivity contribution in [1.82, 2.24) is 15.0 Å². The highest BCUT2D eigenvalue weighted by atomic mass is 14.9. The van der Waals surface area contributed by atoms with Crippen LogP contribution in [-0.2, 0) is 19.3 Å². The topological polar surface area (TPSA) is 44.5 Å². The molecule has 0 saturated carbocycles. The number of benzene rings is 2. The maximum absolute atomic E-state index is 3.95. The molecule has 0 saturated heterocycles. The number of imidazole rings is 1. The lowest BCUT2D eigenvalue weighted by atomic mass is 9.88. The average molecular weight is 488 g/mol. The van der Waals surface area contributed by atoms with Gasteiger partial charge in [0.2, 0.25) is 0 Å². The maximum atomic E-state index is 3.95. The van der Waals surface area contributed by atoms with Gasteiger partial charge in [0.1, 0.15) is 0 Å². The SMILES string of the molecule is CC(C)(C)Cc1c[nH]c2ccccc12.CC(C)(C)Cc1cnc[nH]1.Cc1ccc(CC(C)(C)C)cc1. The number of aromatic nitrogens is 3. The summed E-state index contributed by atoms with van der Waals surface area (Å²) in [5.41, 5.74) is 7.76. The number of nitrogens with zero attached hydrogens (tertiary/aromatic N) is 1. The molecule has 0 unspecified atom stereocenters. The van der Waals surface area contributed by atoms with E-state index in [9.17, 15) is 0 Å². The zero-order valence-electron chi connectivity index (χ0n) is 24.4. The van der Waals surface area contributed by atoms with Gasteiger partial charge in [-0.1, -0.05) is 110 Å². The third kappa shape index (κ3) is 11.7. The van der Waals surface area contributed by atoms with Crippen LogP contribution in [0.25, 0.3) is 10.9 Å². The minimum atomic E-state index is 0.352. The average Bonchev–Trinajstić information content (AvgIpc) is 3.38. The fourth-order valence-electron chi connectivity index (χ4n) is 4.12. The highest BCUT2D eigenvalue weighted by molar-refractivity contribution is 5.83. The molecule has 2 N–H and O–H groups in total. The van der Waals surface area contributed by atoms with E-state index in [0.717, 1.165) is 19.3 Å². The Bertz CT molecular complexity index is 1140. The van der Waals surface area contributed by atoms with Crippen molar-refractivity contribution < 1.29 is 0 Å². The van der Waals surface area contributed by atoms with Crippen LogP contribution in [0.5, 0.6) is 0 Å². The fraction of sp³-hybridized carbons (Fsp3) is 0.485. The lowest BCUT2D eigenvalue weighted by Crippen LogP contribution is -2.09. The molecule has 0 aliphatic rings. The molecule has 2 heterocycles. The van der Waals surface area contributed by atoms with Gasteiger partial charge in [0, 0.05) is 29.0 Å². The van der Waals surface area contributed by atoms with Crippen LogP contribution >= 0.6 is 0 Å². The van der Waals surface area contributed by atoms with Crippen LogP contribution in [0.4, 0.5) is 0 Å². The first-order valence-corrected chi connectivity index (χ1v) is 13.2. The van der Waals surface area contributed by atoms with Crippen molar-refractivity contribution in [2.75, 3.05) is 0 Å². The van der Waals surface area contributed by atoms with Gasteiger partial charge in [0.15, 0.2) is 0 Å². The number of H-pyrrole nitrogens is 2. The monoisotopic (exact) mass is 487 g/mol. The summed E-state index contributed by atoms with van der Waals surface area (Å²) in [6.45, 7) is 22.4. The van der Waals surface area contributed by atoms with Gasteiger partial charge >= 0.3 is 0 Å². The van der Waals surface area contributed by atoms with Crippen molar-refractivity contribution >= 4 is 10.9 Å². The minimum absolute atomic E-state index is 0.352. The van der Waals surface area contributed by atoms with Gasteiger partial charge in [-0.2, -0.15) is 0 Å². The van der Waals surface area contributed by atoms with Gasteiger partial charge in [-0.3, -0.25) is 0 Å². The summed E-state index contributed by atoms with van der Waals surface area (Å²) in [6, 6.07) is 17.3. The summed E-state index contributed by atoms with van der Waals surface area (Å²) in [5, 5.41) is 1.36. The van der Waals surface area contributed by atoms with Crippen molar-refractivity contribution in [3.05, 3.63) is 89.6 Å². The molecular weight excluding hydrogens is 438 g/mol. The van der Waals surface area contributed by atoms with Crippen molar-refractivity contribution in [1.29, 1.82) is 0 Å². The molecule has 36 heavy (non-hydrogen) atoms. The molecular formula is C33H49N3. The summed E-state index contributed by atoms with van der Waals surface area (Å²) in [7, 11) is 0. The first-order chi connectivity index (χ1) is 16.6. The third-order valence-electron chi connectivity index (χ3n) is 5.53. The molecule has 196 valence electrons. The van der Waals surface area contributed by atoms with E-state index >= 15 is 0 Å². The van der Waals surface area contributed by atoms with E-state index in [1.807, 2.05) is 6.20 Å². The number of aryl methyl sites for hydroxylation is 1. The van der Waals surface area contributed by atoms with Crippen LogP contribution in [0.15, 0.2) is 67.3 Å². The molecule has 4 aromatic rings. The second kappa shape index (κ2) is 12.4. The molecule has 0 spiro atoms. The molecule has 0 radical (unpaired) electrons. The van der Waals surface area contributed by atoms with Gasteiger partial charge in [-0.15, -0.1) is 0 Å². The van der Waals surface area contributed by atoms with Crippen LogP contribution in [0.3, 0.4) is 0 Å². The largest absolute Gasteiger partial charge is 0.361 e. The molecule has 0 aliphatic heterocycles. The summed E-state index contributed by atoms with van der Waals surface area (Å²) < 4.78 is 0. The number of fused-ring (bicyclic) bond motifs is 1. The Morgan fingerprint density at radius 3 is 1.78 bits per heavy atom. The summed E-state index contributed by atoms with van der Waals surface area (Å²) in [5.74, 6) is 0. The summed E-state index contributed by atoms with van der Waals surface area (Å²) in [4.78, 5) is 10.3. The Morgan fingerprint density at radius 2 is 1.25 bits per heavy atom. The first-order valence-electron chi connectivity index (χ1n) is 13.2. The number of rotatable bonds is 3. The molecule has 0 atom stereocenters. The highest BCUT2D eigenvalue weighted by Gasteiger charge is 2.14. The van der Waals surface area contributed by atoms with E-state index < -0.39 is 0 Å². The minimum Gasteiger partial charge on any atom is -0.361 e. The Labute approximate surface area is 220 Å². The van der Waals surface area contributed by atoms with E-state index in [0.29, 0.717) is 16.2 Å². The molecule has 4 rings (SSSR count). The fourth-order valence-corrected chi connectivity index (χ4v) is 4.12. The maximum Gasteiger partial charge on any atom is 0.0921 e. The molecule has 0 fully saturated rings. The number of para-hydroxylation sites is 1. The smallest absolute Gasteiger partial charge is 0.0921 e. The highest BCUT2D eigenvalue weighted by Crippen LogP contribution is 2.26. The Balaban J connectivity index is 0.000000193. The first kappa shape index (κ1) is 29.4. The predicted molar refractivity (Wildman–Crippen MR) is 158 cm³/mol. The zero-order chi connectivity index (χ0) is 27.0. The van der Waals surface area contributed by atoms with Gasteiger partial charge in [-0.05, 0) is 59.6 Å². The molecule has 3 heteroatoms. The Morgan fingerprint density at radius 1 is 0.667 bits per heavy atom. The van der Waals surface area contributed by atoms with Crippen LogP contribution in [0, 0.1) is 23.2 Å². The van der Waals surface area contributed by atoms with Crippen LogP contribution in [0.2, 0.25) is 0 Å². The lowest BCUT2D eigenvalue weighted by Gasteiger charge is -2.17. The van der Waals surface area contributed by atoms with Crippen molar-refractivity contribution in [3.8, 4) is 0 Å². The van der Waals surface area contributed by atoms with Crippen LogP contribution in [0.1, 0.15) is 84.7 Å². The van der Waals surface area contributed by atoms with Gasteiger partial charge in [-0.25, -0.2) is 4.98 Å². The van der Waals surface area contributed by atoms with Crippen molar-refractivity contribution in [3.63, 3.8) is 0 Å². The van der Waals surface area contributed by atoms with E-state index in [4.69, 9.17) is 0 Å². The van der Waals surface area contributed by atoms with Crippen molar-refractivity contribution in [2.45, 2.75) is 88.5 Å². The van der Waals surface area contributed by atoms with Gasteiger partial charge in [0.25, 0.3) is 0 Å². The second-order valence-electron chi connectivity index (χ2n) is 13.6. The van der Waals surface area contributed by atoms with Gasteiger partial charge < -0.3 is 9.97 Å². The number of aromatic amines is 2. The lowest BCUT2D eigenvalue weighted by molar-refractivity contribution is 0.407. The predicted octanol–water partition coefficient (Wildman–Crippen LogP) is 9.34. The quantitative estimate of drug-likeness (QED) is 0.297. The normalized spacial score (nSPS) is 11.9. The van der Waals surface area contributed by atoms with E-state index in [2.05, 4.69) is 139 Å². The number of nitrogens with one attached hydrogen (secondary N) is 2. The molecule has 0 amide bonds. The van der Waals surface area contributed by atoms with E-state index in [-0.39, 0.29) is 0 Å². The number of hydrogen-bond acceptors (Lipinski definition) is 1. The number of hydrogen-bond donors (Lipinski definition) is 2. The molecule has 2 aromatic carbocycles. The molecule has 0 bridgehead atoms.